The van der Waals surface area contributed by atoms with Gasteiger partial charge in [0.25, 0.3) is 0 Å². The van der Waals surface area contributed by atoms with Crippen molar-refractivity contribution in [3.8, 4) is 22.5 Å². The summed E-state index contributed by atoms with van der Waals surface area (Å²) in [6, 6.07) is 10.5. The van der Waals surface area contributed by atoms with Gasteiger partial charge in [-0.05, 0) is 62.8 Å². The number of imidazole rings is 1. The van der Waals surface area contributed by atoms with Crippen molar-refractivity contribution in [3.63, 3.8) is 0 Å². The molecular formula is C20H21FN4. The number of likely N-dealkylation sites (tertiary alicyclic amines) is 1. The summed E-state index contributed by atoms with van der Waals surface area (Å²) in [5.74, 6) is 1.17. The Bertz CT molecular complexity index is 842. The fourth-order valence-electron chi connectivity index (χ4n) is 3.52. The summed E-state index contributed by atoms with van der Waals surface area (Å²) in [7, 11) is 2.15. The van der Waals surface area contributed by atoms with Crippen LogP contribution in [0.15, 0.2) is 48.8 Å². The Morgan fingerprint density at radius 1 is 1.08 bits per heavy atom. The van der Waals surface area contributed by atoms with Gasteiger partial charge in [-0.25, -0.2) is 9.37 Å². The molecule has 4 nitrogen and oxygen atoms in total. The molecule has 1 aliphatic rings. The molecule has 0 bridgehead atoms. The molecule has 1 unspecified atom stereocenters. The minimum Gasteiger partial charge on any atom is -0.341 e. The van der Waals surface area contributed by atoms with E-state index in [1.807, 2.05) is 12.1 Å². The van der Waals surface area contributed by atoms with E-state index in [1.165, 1.54) is 18.6 Å². The van der Waals surface area contributed by atoms with Crippen LogP contribution in [0, 0.1) is 5.82 Å². The highest BCUT2D eigenvalue weighted by atomic mass is 19.1. The van der Waals surface area contributed by atoms with Gasteiger partial charge in [-0.2, -0.15) is 0 Å². The summed E-state index contributed by atoms with van der Waals surface area (Å²) in [6.07, 6.45) is 5.87. The lowest BCUT2D eigenvalue weighted by Crippen LogP contribution is -2.31. The first-order chi connectivity index (χ1) is 12.2. The molecule has 3 heterocycles. The number of aromatic nitrogens is 3. The number of H-pyrrole nitrogens is 1. The summed E-state index contributed by atoms with van der Waals surface area (Å²) in [4.78, 5) is 14.9. The number of nitrogens with one attached hydrogen (secondary N) is 1. The Balaban J connectivity index is 1.79. The van der Waals surface area contributed by atoms with Crippen molar-refractivity contribution in [2.75, 3.05) is 20.1 Å². The first-order valence-electron chi connectivity index (χ1n) is 8.65. The second kappa shape index (κ2) is 6.76. The molecule has 0 amide bonds. The number of likely N-dealkylation sites (N-methyl/N-ethyl adjacent to an activating group) is 1. The summed E-state index contributed by atoms with van der Waals surface area (Å²) in [6.45, 7) is 2.14. The van der Waals surface area contributed by atoms with E-state index in [2.05, 4.69) is 21.9 Å². The Kier molecular flexibility index (Phi) is 4.32. The van der Waals surface area contributed by atoms with Crippen molar-refractivity contribution in [2.24, 2.45) is 0 Å². The average Bonchev–Trinajstić information content (AvgIpc) is 3.08. The summed E-state index contributed by atoms with van der Waals surface area (Å²) in [5.41, 5.74) is 3.80. The van der Waals surface area contributed by atoms with Crippen LogP contribution in [-0.4, -0.2) is 40.0 Å². The number of halogens is 1. The third-order valence-corrected chi connectivity index (χ3v) is 4.82. The molecular weight excluding hydrogens is 315 g/mol. The van der Waals surface area contributed by atoms with Crippen LogP contribution >= 0.6 is 0 Å². The van der Waals surface area contributed by atoms with Gasteiger partial charge in [0.05, 0.1) is 11.4 Å². The third-order valence-electron chi connectivity index (χ3n) is 4.82. The van der Waals surface area contributed by atoms with E-state index in [1.54, 1.807) is 24.5 Å². The lowest BCUT2D eigenvalue weighted by atomic mass is 9.98. The summed E-state index contributed by atoms with van der Waals surface area (Å²) >= 11 is 0. The number of piperidine rings is 1. The highest BCUT2D eigenvalue weighted by Gasteiger charge is 2.24. The number of benzene rings is 1. The van der Waals surface area contributed by atoms with E-state index >= 15 is 0 Å². The van der Waals surface area contributed by atoms with Crippen LogP contribution in [-0.2, 0) is 0 Å². The van der Waals surface area contributed by atoms with Gasteiger partial charge in [0.15, 0.2) is 0 Å². The lowest BCUT2D eigenvalue weighted by molar-refractivity contribution is 0.246. The van der Waals surface area contributed by atoms with E-state index in [4.69, 9.17) is 4.98 Å². The summed E-state index contributed by atoms with van der Waals surface area (Å²) in [5, 5.41) is 0. The van der Waals surface area contributed by atoms with Crippen molar-refractivity contribution in [1.29, 1.82) is 0 Å². The lowest BCUT2D eigenvalue weighted by Gasteiger charge is -2.28. The second-order valence-electron chi connectivity index (χ2n) is 6.69. The molecule has 3 aromatic rings. The van der Waals surface area contributed by atoms with Crippen molar-refractivity contribution in [2.45, 2.75) is 18.8 Å². The minimum atomic E-state index is -0.237. The fraction of sp³-hybridized carbons (Fsp3) is 0.300. The molecule has 1 N–H and O–H groups in total. The van der Waals surface area contributed by atoms with Crippen LogP contribution < -0.4 is 0 Å². The zero-order valence-corrected chi connectivity index (χ0v) is 14.2. The third kappa shape index (κ3) is 3.33. The predicted octanol–water partition coefficient (Wildman–Crippen LogP) is 4.09. The molecule has 1 atom stereocenters. The van der Waals surface area contributed by atoms with Gasteiger partial charge in [0, 0.05) is 36.0 Å². The molecule has 0 radical (unpaired) electrons. The van der Waals surface area contributed by atoms with E-state index in [9.17, 15) is 4.39 Å². The molecule has 1 aromatic carbocycles. The molecule has 1 fully saturated rings. The number of aromatic amines is 1. The van der Waals surface area contributed by atoms with Gasteiger partial charge in [-0.15, -0.1) is 0 Å². The van der Waals surface area contributed by atoms with Gasteiger partial charge >= 0.3 is 0 Å². The van der Waals surface area contributed by atoms with Crippen molar-refractivity contribution in [1.82, 2.24) is 19.9 Å². The van der Waals surface area contributed by atoms with Crippen LogP contribution in [0.2, 0.25) is 0 Å². The zero-order chi connectivity index (χ0) is 17.2. The summed E-state index contributed by atoms with van der Waals surface area (Å²) < 4.78 is 13.3. The number of hydrogen-bond acceptors (Lipinski definition) is 3. The first-order valence-corrected chi connectivity index (χ1v) is 8.65. The highest BCUT2D eigenvalue weighted by molar-refractivity contribution is 5.78. The minimum absolute atomic E-state index is 0.237. The van der Waals surface area contributed by atoms with E-state index in [0.717, 1.165) is 47.8 Å². The predicted molar refractivity (Wildman–Crippen MR) is 96.7 cm³/mol. The Morgan fingerprint density at radius 3 is 2.56 bits per heavy atom. The number of rotatable bonds is 3. The van der Waals surface area contributed by atoms with Crippen LogP contribution in [0.25, 0.3) is 22.5 Å². The molecule has 1 aliphatic heterocycles. The largest absolute Gasteiger partial charge is 0.341 e. The number of pyridine rings is 1. The SMILES string of the molecule is CN1CCCC(c2nc(-c3ccc(F)cc3)c(-c3ccncc3)[nH]2)C1. The molecule has 0 spiro atoms. The molecule has 5 heteroatoms. The Labute approximate surface area is 146 Å². The monoisotopic (exact) mass is 336 g/mol. The standard InChI is InChI=1S/C20H21FN4/c1-25-12-2-3-16(13-25)20-23-18(14-4-6-17(21)7-5-14)19(24-20)15-8-10-22-11-9-15/h4-11,16H,2-3,12-13H2,1H3,(H,23,24). The number of hydrogen-bond donors (Lipinski definition) is 1. The smallest absolute Gasteiger partial charge is 0.123 e. The first kappa shape index (κ1) is 16.0. The van der Waals surface area contributed by atoms with Gasteiger partial charge in [-0.3, -0.25) is 4.98 Å². The molecule has 0 aliphatic carbocycles. The van der Waals surface area contributed by atoms with Gasteiger partial charge in [0.2, 0.25) is 0 Å². The molecule has 2 aromatic heterocycles. The van der Waals surface area contributed by atoms with E-state index in [0.29, 0.717) is 5.92 Å². The maximum Gasteiger partial charge on any atom is 0.123 e. The quantitative estimate of drug-likeness (QED) is 0.783. The highest BCUT2D eigenvalue weighted by Crippen LogP contribution is 2.33. The van der Waals surface area contributed by atoms with Crippen LogP contribution in [0.1, 0.15) is 24.6 Å². The topological polar surface area (TPSA) is 44.8 Å². The van der Waals surface area contributed by atoms with E-state index in [-0.39, 0.29) is 5.82 Å². The van der Waals surface area contributed by atoms with Gasteiger partial charge in [-0.1, -0.05) is 0 Å². The van der Waals surface area contributed by atoms with Crippen molar-refractivity contribution in [3.05, 3.63) is 60.4 Å². The van der Waals surface area contributed by atoms with Gasteiger partial charge in [0.1, 0.15) is 11.6 Å². The molecule has 4 rings (SSSR count). The number of nitrogens with zero attached hydrogens (tertiary/aromatic N) is 3. The molecule has 0 saturated carbocycles. The normalized spacial score (nSPS) is 18.4. The Hall–Kier alpha value is -2.53. The maximum absolute atomic E-state index is 13.3. The van der Waals surface area contributed by atoms with Crippen LogP contribution in [0.3, 0.4) is 0 Å². The van der Waals surface area contributed by atoms with Crippen molar-refractivity contribution >= 4 is 0 Å². The van der Waals surface area contributed by atoms with E-state index < -0.39 is 0 Å². The fourth-order valence-corrected chi connectivity index (χ4v) is 3.52. The van der Waals surface area contributed by atoms with Crippen molar-refractivity contribution < 1.29 is 4.39 Å². The molecule has 128 valence electrons. The zero-order valence-electron chi connectivity index (χ0n) is 14.2. The molecule has 25 heavy (non-hydrogen) atoms. The van der Waals surface area contributed by atoms with Gasteiger partial charge < -0.3 is 9.88 Å². The van der Waals surface area contributed by atoms with Crippen LogP contribution in [0.4, 0.5) is 4.39 Å². The molecule has 1 saturated heterocycles. The average molecular weight is 336 g/mol. The van der Waals surface area contributed by atoms with Crippen LogP contribution in [0.5, 0.6) is 0 Å². The Morgan fingerprint density at radius 2 is 1.84 bits per heavy atom. The maximum atomic E-state index is 13.3. The second-order valence-corrected chi connectivity index (χ2v) is 6.69.